The van der Waals surface area contributed by atoms with Gasteiger partial charge in [-0.1, -0.05) is 12.1 Å². The Balaban J connectivity index is 2.89. The van der Waals surface area contributed by atoms with Gasteiger partial charge in [-0.25, -0.2) is 9.18 Å². The SMILES string of the molecule is COC(=O)C(N)(CF)Cc1cccc(O)c1. The number of alkyl halides is 1. The number of carbonyl (C=O) groups excluding carboxylic acids is 1. The normalized spacial score (nSPS) is 14.2. The maximum Gasteiger partial charge on any atom is 0.328 e. The van der Waals surface area contributed by atoms with Crippen molar-refractivity contribution in [2.24, 2.45) is 5.73 Å². The zero-order valence-electron chi connectivity index (χ0n) is 8.94. The first-order chi connectivity index (χ1) is 7.51. The number of rotatable bonds is 4. The highest BCUT2D eigenvalue weighted by Crippen LogP contribution is 2.17. The maximum absolute atomic E-state index is 12.8. The summed E-state index contributed by atoms with van der Waals surface area (Å²) in [5.41, 5.74) is 4.48. The fourth-order valence-electron chi connectivity index (χ4n) is 1.41. The highest BCUT2D eigenvalue weighted by molar-refractivity contribution is 5.81. The lowest BCUT2D eigenvalue weighted by atomic mass is 9.93. The number of benzene rings is 1. The van der Waals surface area contributed by atoms with Gasteiger partial charge in [-0.3, -0.25) is 0 Å². The van der Waals surface area contributed by atoms with Crippen LogP contribution in [0.2, 0.25) is 0 Å². The number of carbonyl (C=O) groups is 1. The van der Waals surface area contributed by atoms with E-state index in [9.17, 15) is 14.3 Å². The summed E-state index contributed by atoms with van der Waals surface area (Å²) < 4.78 is 17.2. The van der Waals surface area contributed by atoms with E-state index in [2.05, 4.69) is 4.74 Å². The van der Waals surface area contributed by atoms with E-state index in [0.29, 0.717) is 5.56 Å². The van der Waals surface area contributed by atoms with Gasteiger partial charge in [0, 0.05) is 6.42 Å². The summed E-state index contributed by atoms with van der Waals surface area (Å²) >= 11 is 0. The lowest BCUT2D eigenvalue weighted by molar-refractivity contribution is -0.147. The molecule has 3 N–H and O–H groups in total. The van der Waals surface area contributed by atoms with Gasteiger partial charge in [0.25, 0.3) is 0 Å². The van der Waals surface area contributed by atoms with Crippen LogP contribution >= 0.6 is 0 Å². The molecule has 4 nitrogen and oxygen atoms in total. The number of phenols is 1. The van der Waals surface area contributed by atoms with Crippen molar-refractivity contribution in [3.05, 3.63) is 29.8 Å². The van der Waals surface area contributed by atoms with E-state index in [1.165, 1.54) is 12.1 Å². The Morgan fingerprint density at radius 3 is 2.81 bits per heavy atom. The van der Waals surface area contributed by atoms with Gasteiger partial charge >= 0.3 is 5.97 Å². The van der Waals surface area contributed by atoms with Crippen molar-refractivity contribution >= 4 is 5.97 Å². The van der Waals surface area contributed by atoms with E-state index < -0.39 is 18.2 Å². The third-order valence-electron chi connectivity index (χ3n) is 2.26. The molecule has 0 spiro atoms. The molecule has 1 aromatic rings. The second-order valence-corrected chi connectivity index (χ2v) is 3.63. The van der Waals surface area contributed by atoms with Crippen molar-refractivity contribution in [3.63, 3.8) is 0 Å². The predicted octanol–water partition coefficient (Wildman–Crippen LogP) is 0.775. The van der Waals surface area contributed by atoms with Crippen LogP contribution in [0, 0.1) is 0 Å². The molecule has 0 aliphatic carbocycles. The van der Waals surface area contributed by atoms with Crippen LogP contribution in [0.5, 0.6) is 5.75 Å². The first-order valence-electron chi connectivity index (χ1n) is 4.73. The first-order valence-corrected chi connectivity index (χ1v) is 4.73. The number of esters is 1. The molecule has 88 valence electrons. The lowest BCUT2D eigenvalue weighted by Gasteiger charge is -2.22. The predicted molar refractivity (Wildman–Crippen MR) is 56.7 cm³/mol. The second kappa shape index (κ2) is 4.94. The van der Waals surface area contributed by atoms with Gasteiger partial charge < -0.3 is 15.6 Å². The van der Waals surface area contributed by atoms with E-state index in [1.807, 2.05) is 0 Å². The summed E-state index contributed by atoms with van der Waals surface area (Å²) in [5.74, 6) is -0.762. The molecule has 0 aromatic heterocycles. The Morgan fingerprint density at radius 2 is 2.31 bits per heavy atom. The minimum Gasteiger partial charge on any atom is -0.508 e. The quantitative estimate of drug-likeness (QED) is 0.745. The average molecular weight is 227 g/mol. The molecule has 0 saturated carbocycles. The van der Waals surface area contributed by atoms with Crippen LogP contribution in [0.3, 0.4) is 0 Å². The van der Waals surface area contributed by atoms with Crippen molar-refractivity contribution in [1.29, 1.82) is 0 Å². The molecule has 0 heterocycles. The third kappa shape index (κ3) is 2.70. The largest absolute Gasteiger partial charge is 0.508 e. The van der Waals surface area contributed by atoms with Crippen molar-refractivity contribution in [2.75, 3.05) is 13.8 Å². The summed E-state index contributed by atoms with van der Waals surface area (Å²) in [6, 6.07) is 6.16. The highest BCUT2D eigenvalue weighted by atomic mass is 19.1. The Hall–Kier alpha value is -1.62. The molecule has 16 heavy (non-hydrogen) atoms. The van der Waals surface area contributed by atoms with Crippen LogP contribution in [-0.2, 0) is 16.0 Å². The molecular weight excluding hydrogens is 213 g/mol. The van der Waals surface area contributed by atoms with E-state index >= 15 is 0 Å². The first kappa shape index (κ1) is 12.4. The van der Waals surface area contributed by atoms with Crippen molar-refractivity contribution in [3.8, 4) is 5.75 Å². The van der Waals surface area contributed by atoms with Crippen LogP contribution in [0.15, 0.2) is 24.3 Å². The molecule has 1 aromatic carbocycles. The van der Waals surface area contributed by atoms with E-state index in [-0.39, 0.29) is 12.2 Å². The van der Waals surface area contributed by atoms with Crippen LogP contribution < -0.4 is 5.73 Å². The molecule has 1 rings (SSSR count). The Bertz CT molecular complexity index is 383. The molecule has 0 bridgehead atoms. The van der Waals surface area contributed by atoms with Gasteiger partial charge in [-0.2, -0.15) is 0 Å². The zero-order chi connectivity index (χ0) is 12.2. The van der Waals surface area contributed by atoms with Gasteiger partial charge in [0.1, 0.15) is 18.0 Å². The number of phenolic OH excluding ortho intramolecular Hbond substituents is 1. The minimum atomic E-state index is -1.69. The van der Waals surface area contributed by atoms with Gasteiger partial charge in [0.05, 0.1) is 7.11 Å². The van der Waals surface area contributed by atoms with Gasteiger partial charge in [0.15, 0.2) is 0 Å². The average Bonchev–Trinajstić information content (AvgIpc) is 2.27. The molecule has 0 fully saturated rings. The second-order valence-electron chi connectivity index (χ2n) is 3.63. The Labute approximate surface area is 92.8 Å². The molecule has 0 radical (unpaired) electrons. The molecule has 0 amide bonds. The van der Waals surface area contributed by atoms with Crippen LogP contribution in [0.25, 0.3) is 0 Å². The molecule has 0 aliphatic rings. The molecule has 5 heteroatoms. The number of hydrogen-bond donors (Lipinski definition) is 2. The van der Waals surface area contributed by atoms with E-state index in [1.54, 1.807) is 12.1 Å². The van der Waals surface area contributed by atoms with E-state index in [0.717, 1.165) is 7.11 Å². The van der Waals surface area contributed by atoms with Crippen LogP contribution in [0.1, 0.15) is 5.56 Å². The Kier molecular flexibility index (Phi) is 3.84. The third-order valence-corrected chi connectivity index (χ3v) is 2.26. The fourth-order valence-corrected chi connectivity index (χ4v) is 1.41. The smallest absolute Gasteiger partial charge is 0.328 e. The standard InChI is InChI=1S/C11H14FNO3/c1-16-10(15)11(13,7-12)6-8-3-2-4-9(14)5-8/h2-5,14H,6-7,13H2,1H3. The van der Waals surface area contributed by atoms with Gasteiger partial charge in [0.2, 0.25) is 0 Å². The maximum atomic E-state index is 12.8. The number of ether oxygens (including phenoxy) is 1. The van der Waals surface area contributed by atoms with Crippen LogP contribution in [-0.4, -0.2) is 30.4 Å². The number of methoxy groups -OCH3 is 1. The van der Waals surface area contributed by atoms with E-state index in [4.69, 9.17) is 5.73 Å². The number of hydrogen-bond acceptors (Lipinski definition) is 4. The number of aromatic hydroxyl groups is 1. The van der Waals surface area contributed by atoms with Crippen molar-refractivity contribution in [1.82, 2.24) is 0 Å². The zero-order valence-corrected chi connectivity index (χ0v) is 8.94. The minimum absolute atomic E-state index is 0.0232. The molecule has 1 atom stereocenters. The summed E-state index contributed by atoms with van der Waals surface area (Å²) in [6.45, 7) is -1.02. The summed E-state index contributed by atoms with van der Waals surface area (Å²) in [4.78, 5) is 11.3. The van der Waals surface area contributed by atoms with Gasteiger partial charge in [-0.05, 0) is 17.7 Å². The Morgan fingerprint density at radius 1 is 1.62 bits per heavy atom. The number of halogens is 1. The molecular formula is C11H14FNO3. The van der Waals surface area contributed by atoms with Crippen LogP contribution in [0.4, 0.5) is 4.39 Å². The highest BCUT2D eigenvalue weighted by Gasteiger charge is 2.35. The fraction of sp³-hybridized carbons (Fsp3) is 0.364. The van der Waals surface area contributed by atoms with Crippen molar-refractivity contribution < 1.29 is 19.0 Å². The monoisotopic (exact) mass is 227 g/mol. The molecule has 1 unspecified atom stereocenters. The summed E-state index contributed by atoms with van der Waals surface area (Å²) in [6.07, 6.45) is -0.0232. The molecule has 0 saturated heterocycles. The lowest BCUT2D eigenvalue weighted by Crippen LogP contribution is -2.52. The molecule has 0 aliphatic heterocycles. The number of nitrogens with two attached hydrogens (primary N) is 1. The van der Waals surface area contributed by atoms with Gasteiger partial charge in [-0.15, -0.1) is 0 Å². The summed E-state index contributed by atoms with van der Waals surface area (Å²) in [7, 11) is 1.15. The topological polar surface area (TPSA) is 72.5 Å². The summed E-state index contributed by atoms with van der Waals surface area (Å²) in [5, 5.41) is 9.23. The van der Waals surface area contributed by atoms with Crippen molar-refractivity contribution in [2.45, 2.75) is 12.0 Å².